The third-order valence-electron chi connectivity index (χ3n) is 8.55. The number of carbonyl (C=O) groups is 3. The van der Waals surface area contributed by atoms with Gasteiger partial charge in [-0.2, -0.15) is 0 Å². The third-order valence-corrected chi connectivity index (χ3v) is 8.55. The highest BCUT2D eigenvalue weighted by atomic mass is 16.5. The Labute approximate surface area is 233 Å². The van der Waals surface area contributed by atoms with Gasteiger partial charge in [0.25, 0.3) is 0 Å². The lowest BCUT2D eigenvalue weighted by atomic mass is 9.74. The zero-order chi connectivity index (χ0) is 27.8. The summed E-state index contributed by atoms with van der Waals surface area (Å²) in [6, 6.07) is 7.46. The predicted molar refractivity (Wildman–Crippen MR) is 153 cm³/mol. The molecule has 0 radical (unpaired) electrons. The van der Waals surface area contributed by atoms with Crippen molar-refractivity contribution in [3.8, 4) is 0 Å². The van der Waals surface area contributed by atoms with Crippen molar-refractivity contribution >= 4 is 23.4 Å². The number of hydrogen-bond acceptors (Lipinski definition) is 5. The number of fused-ring (bicyclic) bond motifs is 1. The Morgan fingerprint density at radius 2 is 1.87 bits per heavy atom. The molecule has 8 heteroatoms. The molecule has 3 N–H and O–H groups in total. The Bertz CT molecular complexity index is 1010. The molecule has 0 aromatic heterocycles. The first-order valence-electron chi connectivity index (χ1n) is 14.7. The van der Waals surface area contributed by atoms with Gasteiger partial charge in [0.2, 0.25) is 17.7 Å². The first kappa shape index (κ1) is 29.3. The predicted octanol–water partition coefficient (Wildman–Crippen LogP) is 3.67. The molecule has 3 amide bonds. The van der Waals surface area contributed by atoms with E-state index in [1.165, 1.54) is 5.56 Å². The fourth-order valence-corrected chi connectivity index (χ4v) is 5.99. The summed E-state index contributed by atoms with van der Waals surface area (Å²) < 4.78 is 5.71. The lowest BCUT2D eigenvalue weighted by Gasteiger charge is -2.41. The maximum absolute atomic E-state index is 13.8. The van der Waals surface area contributed by atoms with E-state index >= 15 is 0 Å². The van der Waals surface area contributed by atoms with E-state index in [-0.39, 0.29) is 35.6 Å². The van der Waals surface area contributed by atoms with Crippen LogP contribution in [-0.2, 0) is 25.5 Å². The minimum atomic E-state index is -0.587. The molecule has 0 bridgehead atoms. The molecule has 3 heterocycles. The van der Waals surface area contributed by atoms with Crippen molar-refractivity contribution in [2.75, 3.05) is 38.2 Å². The largest absolute Gasteiger partial charge is 0.381 e. The zero-order valence-electron chi connectivity index (χ0n) is 23.8. The molecule has 3 aliphatic heterocycles. The first-order chi connectivity index (χ1) is 18.8. The van der Waals surface area contributed by atoms with Gasteiger partial charge in [0, 0.05) is 24.3 Å². The number of hydrogen-bond donors (Lipinski definition) is 3. The number of carbonyl (C=O) groups excluding carboxylic acids is 3. The van der Waals surface area contributed by atoms with E-state index in [2.05, 4.69) is 53.8 Å². The molecular weight excluding hydrogens is 492 g/mol. The molecule has 1 spiro atoms. The van der Waals surface area contributed by atoms with Gasteiger partial charge >= 0.3 is 0 Å². The monoisotopic (exact) mass is 538 g/mol. The van der Waals surface area contributed by atoms with Crippen LogP contribution in [0.4, 0.5) is 5.69 Å². The number of rotatable bonds is 6. The van der Waals surface area contributed by atoms with Crippen LogP contribution in [0.2, 0.25) is 0 Å². The lowest BCUT2D eigenvalue weighted by Crippen LogP contribution is -2.57. The molecule has 2 fully saturated rings. The molecule has 39 heavy (non-hydrogen) atoms. The van der Waals surface area contributed by atoms with Gasteiger partial charge in [0.1, 0.15) is 6.04 Å². The van der Waals surface area contributed by atoms with E-state index in [1.54, 1.807) is 0 Å². The summed E-state index contributed by atoms with van der Waals surface area (Å²) in [7, 11) is 0. The third kappa shape index (κ3) is 7.92. The van der Waals surface area contributed by atoms with Gasteiger partial charge in [0.15, 0.2) is 0 Å². The number of nitrogens with zero attached hydrogens (tertiary/aromatic N) is 1. The van der Waals surface area contributed by atoms with Crippen LogP contribution in [0.1, 0.15) is 64.9 Å². The molecule has 0 saturated carbocycles. The number of ether oxygens (including phenoxy) is 1. The normalized spacial score (nSPS) is 27.0. The van der Waals surface area contributed by atoms with E-state index < -0.39 is 11.5 Å². The molecule has 0 aliphatic carbocycles. The van der Waals surface area contributed by atoms with Crippen LogP contribution in [0.25, 0.3) is 0 Å². The second kappa shape index (κ2) is 13.6. The van der Waals surface area contributed by atoms with Crippen molar-refractivity contribution in [2.24, 2.45) is 17.3 Å². The number of amides is 3. The molecule has 3 atom stereocenters. The minimum Gasteiger partial charge on any atom is -0.381 e. The Morgan fingerprint density at radius 3 is 2.56 bits per heavy atom. The highest BCUT2D eigenvalue weighted by Gasteiger charge is 2.42. The van der Waals surface area contributed by atoms with E-state index in [4.69, 9.17) is 4.74 Å². The number of allylic oxidation sites excluding steroid dienone is 2. The number of piperidine rings is 1. The number of benzene rings is 1. The second-order valence-electron chi connectivity index (χ2n) is 12.0. The Balaban J connectivity index is 1.42. The Morgan fingerprint density at radius 1 is 1.13 bits per heavy atom. The molecule has 1 aromatic rings. The highest BCUT2D eigenvalue weighted by molar-refractivity contribution is 5.92. The summed E-state index contributed by atoms with van der Waals surface area (Å²) in [6.07, 6.45) is 9.41. The summed E-state index contributed by atoms with van der Waals surface area (Å²) >= 11 is 0. The minimum absolute atomic E-state index is 0.0443. The van der Waals surface area contributed by atoms with Crippen LogP contribution in [0.15, 0.2) is 36.4 Å². The summed E-state index contributed by atoms with van der Waals surface area (Å²) in [4.78, 5) is 42.0. The molecule has 4 rings (SSSR count). The molecule has 8 nitrogen and oxygen atoms in total. The molecule has 3 aliphatic rings. The second-order valence-corrected chi connectivity index (χ2v) is 12.0. The van der Waals surface area contributed by atoms with Crippen molar-refractivity contribution in [2.45, 2.75) is 77.8 Å². The van der Waals surface area contributed by atoms with Crippen molar-refractivity contribution in [1.82, 2.24) is 15.5 Å². The molecule has 214 valence electrons. The molecule has 2 saturated heterocycles. The van der Waals surface area contributed by atoms with Gasteiger partial charge in [-0.1, -0.05) is 45.1 Å². The smallest absolute Gasteiger partial charge is 0.242 e. The first-order valence-corrected chi connectivity index (χ1v) is 14.7. The number of anilines is 1. The SMILES string of the molecule is CCc1ccc(NC(=O)CN2CCC3(C/C=C\C[C@@H]4COCC[C@@H]4NC(=O)[C@@H](CC(C)C)NC3=O)CC2)cc1. The van der Waals surface area contributed by atoms with Crippen LogP contribution >= 0.6 is 0 Å². The van der Waals surface area contributed by atoms with E-state index in [0.29, 0.717) is 58.5 Å². The number of likely N-dealkylation sites (tertiary alicyclic amines) is 1. The van der Waals surface area contributed by atoms with Crippen molar-refractivity contribution < 1.29 is 19.1 Å². The van der Waals surface area contributed by atoms with Crippen molar-refractivity contribution in [3.05, 3.63) is 42.0 Å². The lowest BCUT2D eigenvalue weighted by molar-refractivity contribution is -0.138. The maximum Gasteiger partial charge on any atom is 0.242 e. The van der Waals surface area contributed by atoms with Crippen molar-refractivity contribution in [1.29, 1.82) is 0 Å². The van der Waals surface area contributed by atoms with Gasteiger partial charge in [0.05, 0.1) is 18.6 Å². The fraction of sp³-hybridized carbons (Fsp3) is 0.645. The fourth-order valence-electron chi connectivity index (χ4n) is 5.99. The molecule has 0 unspecified atom stereocenters. The van der Waals surface area contributed by atoms with Gasteiger partial charge in [-0.25, -0.2) is 0 Å². The number of nitrogens with one attached hydrogen (secondary N) is 3. The van der Waals surface area contributed by atoms with Crippen LogP contribution in [0.3, 0.4) is 0 Å². The molecular formula is C31H46N4O4. The standard InChI is InChI=1S/C31H46N4O4/c1-4-23-8-10-25(11-9-23)32-28(36)20-35-16-14-31(15-17-35)13-6-5-7-24-21-39-18-12-26(24)33-29(37)27(19-22(2)3)34-30(31)38/h5-6,8-11,22,24,26-27H,4,7,12-21H2,1-3H3,(H,32,36)(H,33,37)(H,34,38)/b6-5-/t24-,26+,27-/m1/s1. The van der Waals surface area contributed by atoms with Gasteiger partial charge in [-0.15, -0.1) is 0 Å². The van der Waals surface area contributed by atoms with Crippen molar-refractivity contribution in [3.63, 3.8) is 0 Å². The Hall–Kier alpha value is -2.71. The van der Waals surface area contributed by atoms with E-state index in [0.717, 1.165) is 24.9 Å². The van der Waals surface area contributed by atoms with Crippen LogP contribution in [0.5, 0.6) is 0 Å². The van der Waals surface area contributed by atoms with E-state index in [9.17, 15) is 14.4 Å². The van der Waals surface area contributed by atoms with Gasteiger partial charge < -0.3 is 20.7 Å². The molecule has 1 aromatic carbocycles. The van der Waals surface area contributed by atoms with Crippen LogP contribution < -0.4 is 16.0 Å². The average molecular weight is 539 g/mol. The summed E-state index contributed by atoms with van der Waals surface area (Å²) in [5.41, 5.74) is 1.45. The quantitative estimate of drug-likeness (QED) is 0.480. The van der Waals surface area contributed by atoms with Crippen LogP contribution in [-0.4, -0.2) is 67.6 Å². The van der Waals surface area contributed by atoms with Gasteiger partial charge in [-0.3, -0.25) is 19.3 Å². The maximum atomic E-state index is 13.8. The number of aryl methyl sites for hydroxylation is 1. The summed E-state index contributed by atoms with van der Waals surface area (Å²) in [5, 5.41) is 9.39. The average Bonchev–Trinajstić information content (AvgIpc) is 2.92. The summed E-state index contributed by atoms with van der Waals surface area (Å²) in [6.45, 7) is 9.16. The van der Waals surface area contributed by atoms with Crippen LogP contribution in [0, 0.1) is 17.3 Å². The summed E-state index contributed by atoms with van der Waals surface area (Å²) in [5.74, 6) is 0.333. The van der Waals surface area contributed by atoms with E-state index in [1.807, 2.05) is 24.3 Å². The van der Waals surface area contributed by atoms with Gasteiger partial charge in [-0.05, 0) is 81.6 Å². The highest BCUT2D eigenvalue weighted by Crippen LogP contribution is 2.37. The topological polar surface area (TPSA) is 99.8 Å². The Kier molecular flexibility index (Phi) is 10.2. The zero-order valence-corrected chi connectivity index (χ0v) is 23.8.